The van der Waals surface area contributed by atoms with E-state index in [1.165, 1.54) is 12.8 Å². The van der Waals surface area contributed by atoms with Crippen LogP contribution < -0.4 is 10.2 Å². The maximum Gasteiger partial charge on any atom is 0.248 e. The number of benzene rings is 1. The number of amidine groups is 1. The summed E-state index contributed by atoms with van der Waals surface area (Å²) in [7, 11) is 2.11. The Bertz CT molecular complexity index is 1030. The van der Waals surface area contributed by atoms with Gasteiger partial charge < -0.3 is 15.1 Å². The molecule has 8 heteroatoms. The third-order valence-electron chi connectivity index (χ3n) is 7.31. The quantitative estimate of drug-likeness (QED) is 0.458. The number of aromatic nitrogens is 2. The molecule has 1 saturated heterocycles. The van der Waals surface area contributed by atoms with Crippen molar-refractivity contribution >= 4 is 29.0 Å². The van der Waals surface area contributed by atoms with Gasteiger partial charge in [0.2, 0.25) is 5.91 Å². The number of carbonyl (C=O) groups excluding carboxylic acids is 1. The van der Waals surface area contributed by atoms with E-state index in [0.717, 1.165) is 74.2 Å². The van der Waals surface area contributed by atoms with E-state index in [1.54, 1.807) is 12.4 Å². The Labute approximate surface area is 206 Å². The number of aliphatic imine (C=N–C) groups is 1. The fourth-order valence-electron chi connectivity index (χ4n) is 4.75. The Morgan fingerprint density at radius 3 is 2.50 bits per heavy atom. The summed E-state index contributed by atoms with van der Waals surface area (Å²) in [6.07, 6.45) is 10.7. The third kappa shape index (κ3) is 5.19. The summed E-state index contributed by atoms with van der Waals surface area (Å²) >= 11 is 6.44. The first-order valence-corrected chi connectivity index (χ1v) is 12.8. The van der Waals surface area contributed by atoms with Crippen LogP contribution in [0.2, 0.25) is 5.02 Å². The second-order valence-electron chi connectivity index (χ2n) is 9.81. The van der Waals surface area contributed by atoms with Crippen molar-refractivity contribution in [2.45, 2.75) is 56.5 Å². The van der Waals surface area contributed by atoms with Crippen LogP contribution in [0.3, 0.4) is 0 Å². The first kappa shape index (κ1) is 23.1. The molecule has 0 bridgehead atoms. The molecule has 5 rings (SSSR count). The molecule has 0 radical (unpaired) electrons. The molecule has 0 spiro atoms. The van der Waals surface area contributed by atoms with E-state index < -0.39 is 5.54 Å². The van der Waals surface area contributed by atoms with Crippen molar-refractivity contribution in [3.8, 4) is 0 Å². The molecule has 2 aliphatic carbocycles. The van der Waals surface area contributed by atoms with E-state index in [1.807, 2.05) is 24.3 Å². The van der Waals surface area contributed by atoms with Crippen molar-refractivity contribution in [2.75, 3.05) is 31.6 Å². The number of nitrogens with zero attached hydrogens (tertiary/aromatic N) is 5. The van der Waals surface area contributed by atoms with Crippen LogP contribution >= 0.6 is 11.6 Å². The summed E-state index contributed by atoms with van der Waals surface area (Å²) in [4.78, 5) is 31.6. The highest BCUT2D eigenvalue weighted by atomic mass is 35.5. The van der Waals surface area contributed by atoms with Gasteiger partial charge in [-0.25, -0.2) is 15.0 Å². The number of likely N-dealkylation sites (tertiary alicyclic amines) is 1. The van der Waals surface area contributed by atoms with Gasteiger partial charge in [-0.05, 0) is 56.2 Å². The minimum absolute atomic E-state index is 0.0509. The van der Waals surface area contributed by atoms with Gasteiger partial charge >= 0.3 is 0 Å². The van der Waals surface area contributed by atoms with Crippen LogP contribution in [0.25, 0.3) is 0 Å². The molecule has 1 aliphatic heterocycles. The second-order valence-corrected chi connectivity index (χ2v) is 10.2. The number of hydrogen-bond donors (Lipinski definition) is 1. The van der Waals surface area contributed by atoms with Crippen molar-refractivity contribution in [3.05, 3.63) is 53.6 Å². The Hall–Kier alpha value is -2.67. The highest BCUT2D eigenvalue weighted by Crippen LogP contribution is 2.41. The molecule has 1 N–H and O–H groups in total. The van der Waals surface area contributed by atoms with Gasteiger partial charge in [0.25, 0.3) is 0 Å². The van der Waals surface area contributed by atoms with E-state index in [-0.39, 0.29) is 5.91 Å². The van der Waals surface area contributed by atoms with Crippen LogP contribution in [-0.2, 0) is 4.79 Å². The van der Waals surface area contributed by atoms with Gasteiger partial charge in [0, 0.05) is 45.1 Å². The normalized spacial score (nSPS) is 20.2. The summed E-state index contributed by atoms with van der Waals surface area (Å²) in [6.45, 7) is 2.41. The van der Waals surface area contributed by atoms with E-state index in [2.05, 4.69) is 38.2 Å². The predicted molar refractivity (Wildman–Crippen MR) is 135 cm³/mol. The Balaban J connectivity index is 1.29. The van der Waals surface area contributed by atoms with Gasteiger partial charge in [-0.15, -0.1) is 0 Å². The summed E-state index contributed by atoms with van der Waals surface area (Å²) in [5.74, 6) is 2.19. The third-order valence-corrected chi connectivity index (χ3v) is 7.63. The lowest BCUT2D eigenvalue weighted by Gasteiger charge is -2.39. The van der Waals surface area contributed by atoms with Gasteiger partial charge in [0.15, 0.2) is 11.7 Å². The summed E-state index contributed by atoms with van der Waals surface area (Å²) in [5, 5.41) is 3.91. The van der Waals surface area contributed by atoms with E-state index in [4.69, 9.17) is 16.6 Å². The molecule has 3 fully saturated rings. The summed E-state index contributed by atoms with van der Waals surface area (Å²) in [6, 6.07) is 10.2. The van der Waals surface area contributed by atoms with Crippen LogP contribution in [0.15, 0.2) is 47.7 Å². The van der Waals surface area contributed by atoms with Crippen molar-refractivity contribution in [1.82, 2.24) is 20.2 Å². The molecular formula is C26H33ClN6O. The highest BCUT2D eigenvalue weighted by Gasteiger charge is 2.51. The highest BCUT2D eigenvalue weighted by molar-refractivity contribution is 6.33. The molecule has 1 aromatic heterocycles. The topological polar surface area (TPSA) is 73.7 Å². The maximum absolute atomic E-state index is 13.0. The number of carbonyl (C=O) groups is 1. The first-order valence-electron chi connectivity index (χ1n) is 12.4. The number of rotatable bonds is 8. The Morgan fingerprint density at radius 1 is 1.15 bits per heavy atom. The number of piperidine rings is 1. The average molecular weight is 481 g/mol. The molecule has 7 nitrogen and oxygen atoms in total. The van der Waals surface area contributed by atoms with Crippen molar-refractivity contribution < 1.29 is 4.79 Å². The molecule has 2 heterocycles. The second kappa shape index (κ2) is 9.90. The molecule has 0 atom stereocenters. The van der Waals surface area contributed by atoms with E-state index in [0.29, 0.717) is 11.9 Å². The lowest BCUT2D eigenvalue weighted by atomic mass is 10.0. The first-order chi connectivity index (χ1) is 16.6. The van der Waals surface area contributed by atoms with E-state index >= 15 is 0 Å². The fraction of sp³-hybridized carbons (Fsp3) is 0.538. The minimum atomic E-state index is -0.663. The Morgan fingerprint density at radius 2 is 1.85 bits per heavy atom. The number of halogens is 1. The fourth-order valence-corrected chi connectivity index (χ4v) is 5.02. The number of amides is 1. The lowest BCUT2D eigenvalue weighted by Crippen LogP contribution is -2.47. The number of nitrogens with one attached hydrogen (secondary N) is 1. The molecule has 1 amide bonds. The maximum atomic E-state index is 13.0. The number of anilines is 1. The molecular weight excluding hydrogens is 448 g/mol. The standard InChI is InChI=1S/C26H33ClN6O/c1-32(22-6-3-2-5-21(22)27)20-10-17-33(18-11-20)24(23-28-14-4-15-29-23)31-26(12-13-26)25(34)30-16-9-19-7-8-19/h2-6,14-15,19-20H,7-13,16-18H2,1H3,(H,30,34). The monoisotopic (exact) mass is 480 g/mol. The molecule has 2 saturated carbocycles. The molecule has 2 aromatic rings. The number of para-hydroxylation sites is 1. The SMILES string of the molecule is CN(c1ccccc1Cl)C1CCN(C(=NC2(C(=O)NCCC3CC3)CC2)c2ncccn2)CC1. The predicted octanol–water partition coefficient (Wildman–Crippen LogP) is 3.93. The molecule has 0 unspecified atom stereocenters. The zero-order chi connectivity index (χ0) is 23.5. The van der Waals surface area contributed by atoms with Gasteiger partial charge in [-0.2, -0.15) is 0 Å². The van der Waals surface area contributed by atoms with Crippen LogP contribution in [0.4, 0.5) is 5.69 Å². The molecule has 1 aromatic carbocycles. The molecule has 180 valence electrons. The largest absolute Gasteiger partial charge is 0.370 e. The van der Waals surface area contributed by atoms with E-state index in [9.17, 15) is 4.79 Å². The van der Waals surface area contributed by atoms with Gasteiger partial charge in [-0.1, -0.05) is 36.6 Å². The van der Waals surface area contributed by atoms with Gasteiger partial charge in [0.1, 0.15) is 5.54 Å². The van der Waals surface area contributed by atoms with Gasteiger partial charge in [0.05, 0.1) is 10.7 Å². The van der Waals surface area contributed by atoms with Crippen molar-refractivity contribution in [1.29, 1.82) is 0 Å². The lowest BCUT2D eigenvalue weighted by molar-refractivity contribution is -0.123. The summed E-state index contributed by atoms with van der Waals surface area (Å²) < 4.78 is 0. The van der Waals surface area contributed by atoms with Crippen molar-refractivity contribution in [3.63, 3.8) is 0 Å². The summed E-state index contributed by atoms with van der Waals surface area (Å²) in [5.41, 5.74) is 0.395. The smallest absolute Gasteiger partial charge is 0.248 e. The van der Waals surface area contributed by atoms with Crippen LogP contribution in [0.5, 0.6) is 0 Å². The minimum Gasteiger partial charge on any atom is -0.370 e. The number of hydrogen-bond acceptors (Lipinski definition) is 5. The average Bonchev–Trinajstić information content (AvgIpc) is 3.80. The Kier molecular flexibility index (Phi) is 6.73. The van der Waals surface area contributed by atoms with Crippen LogP contribution in [-0.4, -0.2) is 64.9 Å². The van der Waals surface area contributed by atoms with Crippen LogP contribution in [0.1, 0.15) is 50.8 Å². The van der Waals surface area contributed by atoms with Crippen molar-refractivity contribution in [2.24, 2.45) is 10.9 Å². The molecule has 3 aliphatic rings. The molecule has 34 heavy (non-hydrogen) atoms. The van der Waals surface area contributed by atoms with Gasteiger partial charge in [-0.3, -0.25) is 4.79 Å². The van der Waals surface area contributed by atoms with Crippen LogP contribution in [0, 0.1) is 5.92 Å². The zero-order valence-electron chi connectivity index (χ0n) is 19.8. The zero-order valence-corrected chi connectivity index (χ0v) is 20.5.